The van der Waals surface area contributed by atoms with E-state index in [0.717, 1.165) is 29.8 Å². The minimum absolute atomic E-state index is 0.450. The highest BCUT2D eigenvalue weighted by Crippen LogP contribution is 2.27. The van der Waals surface area contributed by atoms with Crippen molar-refractivity contribution in [2.24, 2.45) is 5.73 Å². The van der Waals surface area contributed by atoms with Crippen molar-refractivity contribution >= 4 is 17.3 Å². The van der Waals surface area contributed by atoms with Crippen molar-refractivity contribution in [1.29, 1.82) is 0 Å². The van der Waals surface area contributed by atoms with Crippen LogP contribution in [0.15, 0.2) is 72.8 Å². The molecule has 4 N–H and O–H groups in total. The van der Waals surface area contributed by atoms with Gasteiger partial charge in [-0.05, 0) is 59.6 Å². The molecule has 3 rings (SSSR count). The third-order valence-electron chi connectivity index (χ3n) is 4.93. The second-order valence-corrected chi connectivity index (χ2v) is 7.81. The van der Waals surface area contributed by atoms with Crippen LogP contribution < -0.4 is 30.6 Å². The fraction of sp³-hybridized carbons (Fsp3) is 0.269. The van der Waals surface area contributed by atoms with E-state index in [1.807, 2.05) is 48.5 Å². The normalized spacial score (nSPS) is 10.4. The lowest BCUT2D eigenvalue weighted by Gasteiger charge is -2.14. The Kier molecular flexibility index (Phi) is 9.82. The van der Waals surface area contributed by atoms with Crippen LogP contribution in [0.1, 0.15) is 16.7 Å². The fourth-order valence-electron chi connectivity index (χ4n) is 3.17. The zero-order valence-electron chi connectivity index (χ0n) is 18.9. The molecule has 0 amide bonds. The van der Waals surface area contributed by atoms with Gasteiger partial charge in [0.15, 0.2) is 16.6 Å². The van der Waals surface area contributed by atoms with Crippen LogP contribution in [0.2, 0.25) is 0 Å². The molecule has 0 heterocycles. The molecule has 7 heteroatoms. The summed E-state index contributed by atoms with van der Waals surface area (Å²) in [6.45, 7) is 2.80. The van der Waals surface area contributed by atoms with Gasteiger partial charge >= 0.3 is 0 Å². The molecule has 3 aromatic rings. The van der Waals surface area contributed by atoms with E-state index in [-0.39, 0.29) is 0 Å². The fourth-order valence-corrected chi connectivity index (χ4v) is 3.34. The predicted molar refractivity (Wildman–Crippen MR) is 136 cm³/mol. The summed E-state index contributed by atoms with van der Waals surface area (Å²) in [7, 11) is 1.62. The number of rotatable bonds is 12. The van der Waals surface area contributed by atoms with Gasteiger partial charge in [0, 0.05) is 19.6 Å². The molecule has 174 valence electrons. The van der Waals surface area contributed by atoms with Crippen molar-refractivity contribution in [3.63, 3.8) is 0 Å². The van der Waals surface area contributed by atoms with Crippen molar-refractivity contribution in [3.8, 4) is 17.2 Å². The quantitative estimate of drug-likeness (QED) is 0.351. The summed E-state index contributed by atoms with van der Waals surface area (Å²) in [6.07, 6.45) is 0.863. The van der Waals surface area contributed by atoms with E-state index in [9.17, 15) is 0 Å². The molecule has 0 aliphatic rings. The van der Waals surface area contributed by atoms with Gasteiger partial charge in [-0.1, -0.05) is 48.5 Å². The summed E-state index contributed by atoms with van der Waals surface area (Å²) in [5, 5.41) is 7.09. The maximum atomic E-state index is 5.84. The van der Waals surface area contributed by atoms with E-state index in [1.54, 1.807) is 7.11 Å². The van der Waals surface area contributed by atoms with Crippen molar-refractivity contribution in [2.75, 3.05) is 26.8 Å². The van der Waals surface area contributed by atoms with Crippen molar-refractivity contribution in [3.05, 3.63) is 89.5 Å². The lowest BCUT2D eigenvalue weighted by atomic mass is 10.1. The molecule has 0 fully saturated rings. The second kappa shape index (κ2) is 13.3. The van der Waals surface area contributed by atoms with E-state index in [4.69, 9.17) is 32.2 Å². The van der Waals surface area contributed by atoms with Crippen LogP contribution in [0.4, 0.5) is 0 Å². The molecule has 0 aromatic heterocycles. The van der Waals surface area contributed by atoms with Crippen LogP contribution in [-0.2, 0) is 19.6 Å². The first-order chi connectivity index (χ1) is 16.2. The molecule has 0 unspecified atom stereocenters. The van der Waals surface area contributed by atoms with Gasteiger partial charge < -0.3 is 30.6 Å². The second-order valence-electron chi connectivity index (χ2n) is 7.40. The number of thiocarbonyl (C=S) groups is 1. The van der Waals surface area contributed by atoms with E-state index < -0.39 is 0 Å². The standard InChI is InChI=1S/C26H31N3O3S/c1-30-25-17-22(9-12-24(25)31-16-14-27)18-29-26(33)28-15-13-20-7-10-23(11-8-20)32-19-21-5-3-2-4-6-21/h2-12,17H,13-16,18-19,27H2,1H3,(H2,28,29,33). The van der Waals surface area contributed by atoms with Gasteiger partial charge in [0.2, 0.25) is 0 Å². The Bertz CT molecular complexity index is 997. The number of ether oxygens (including phenoxy) is 3. The first-order valence-corrected chi connectivity index (χ1v) is 11.4. The van der Waals surface area contributed by atoms with E-state index in [0.29, 0.717) is 42.9 Å². The first-order valence-electron chi connectivity index (χ1n) is 10.9. The third-order valence-corrected chi connectivity index (χ3v) is 5.22. The van der Waals surface area contributed by atoms with Gasteiger partial charge in [-0.3, -0.25) is 0 Å². The van der Waals surface area contributed by atoms with Crippen LogP contribution in [-0.4, -0.2) is 31.9 Å². The molecular weight excluding hydrogens is 434 g/mol. The van der Waals surface area contributed by atoms with Gasteiger partial charge in [-0.15, -0.1) is 0 Å². The number of nitrogens with one attached hydrogen (secondary N) is 2. The smallest absolute Gasteiger partial charge is 0.166 e. The van der Waals surface area contributed by atoms with Gasteiger partial charge in [0.1, 0.15) is 19.0 Å². The third kappa shape index (κ3) is 8.29. The minimum atomic E-state index is 0.450. The van der Waals surface area contributed by atoms with Crippen molar-refractivity contribution in [1.82, 2.24) is 10.6 Å². The summed E-state index contributed by atoms with van der Waals surface area (Å²) >= 11 is 5.40. The van der Waals surface area contributed by atoms with Gasteiger partial charge in [-0.25, -0.2) is 0 Å². The lowest BCUT2D eigenvalue weighted by molar-refractivity contribution is 0.302. The van der Waals surface area contributed by atoms with E-state index in [2.05, 4.69) is 34.9 Å². The molecule has 0 atom stereocenters. The SMILES string of the molecule is COc1cc(CNC(=S)NCCc2ccc(OCc3ccccc3)cc2)ccc1OCCN. The molecule has 0 aliphatic heterocycles. The molecule has 0 saturated heterocycles. The molecular formula is C26H31N3O3S. The summed E-state index contributed by atoms with van der Waals surface area (Å²) in [4.78, 5) is 0. The lowest BCUT2D eigenvalue weighted by Crippen LogP contribution is -2.35. The van der Waals surface area contributed by atoms with Crippen LogP contribution in [0, 0.1) is 0 Å². The topological polar surface area (TPSA) is 77.8 Å². The molecule has 0 bridgehead atoms. The Morgan fingerprint density at radius 3 is 2.33 bits per heavy atom. The molecule has 33 heavy (non-hydrogen) atoms. The van der Waals surface area contributed by atoms with Gasteiger partial charge in [0.25, 0.3) is 0 Å². The largest absolute Gasteiger partial charge is 0.493 e. The molecule has 6 nitrogen and oxygen atoms in total. The Morgan fingerprint density at radius 1 is 0.848 bits per heavy atom. The Balaban J connectivity index is 1.37. The zero-order valence-corrected chi connectivity index (χ0v) is 19.7. The molecule has 3 aromatic carbocycles. The van der Waals surface area contributed by atoms with Crippen LogP contribution in [0.3, 0.4) is 0 Å². The van der Waals surface area contributed by atoms with Crippen LogP contribution >= 0.6 is 12.2 Å². The summed E-state index contributed by atoms with van der Waals surface area (Å²) in [5.41, 5.74) is 8.91. The highest BCUT2D eigenvalue weighted by molar-refractivity contribution is 7.80. The Morgan fingerprint density at radius 2 is 1.61 bits per heavy atom. The van der Waals surface area contributed by atoms with Crippen LogP contribution in [0.25, 0.3) is 0 Å². The average Bonchev–Trinajstić information content (AvgIpc) is 2.86. The number of hydrogen-bond donors (Lipinski definition) is 3. The molecule has 0 saturated carbocycles. The van der Waals surface area contributed by atoms with Gasteiger partial charge in [-0.2, -0.15) is 0 Å². The average molecular weight is 466 g/mol. The maximum absolute atomic E-state index is 5.84. The van der Waals surface area contributed by atoms with Gasteiger partial charge in [0.05, 0.1) is 7.11 Å². The summed E-state index contributed by atoms with van der Waals surface area (Å²) < 4.78 is 16.8. The van der Waals surface area contributed by atoms with Crippen molar-refractivity contribution < 1.29 is 14.2 Å². The monoisotopic (exact) mass is 465 g/mol. The summed E-state index contributed by atoms with van der Waals surface area (Å²) in [6, 6.07) is 24.1. The Hall–Kier alpha value is -3.29. The minimum Gasteiger partial charge on any atom is -0.493 e. The molecule has 0 radical (unpaired) electrons. The van der Waals surface area contributed by atoms with Crippen LogP contribution in [0.5, 0.6) is 17.2 Å². The molecule has 0 spiro atoms. The highest BCUT2D eigenvalue weighted by Gasteiger charge is 2.06. The maximum Gasteiger partial charge on any atom is 0.166 e. The van der Waals surface area contributed by atoms with E-state index in [1.165, 1.54) is 5.56 Å². The number of nitrogens with two attached hydrogens (primary N) is 1. The Labute approximate surface area is 201 Å². The number of methoxy groups -OCH3 is 1. The zero-order chi connectivity index (χ0) is 23.3. The number of hydrogen-bond acceptors (Lipinski definition) is 5. The molecule has 0 aliphatic carbocycles. The number of benzene rings is 3. The highest BCUT2D eigenvalue weighted by atomic mass is 32.1. The first kappa shape index (κ1) is 24.4. The summed E-state index contributed by atoms with van der Waals surface area (Å²) in [5.74, 6) is 2.23. The van der Waals surface area contributed by atoms with Crippen molar-refractivity contribution in [2.45, 2.75) is 19.6 Å². The van der Waals surface area contributed by atoms with E-state index >= 15 is 0 Å². The predicted octanol–water partition coefficient (Wildman–Crippen LogP) is 3.82.